The Hall–Kier alpha value is -4.71. The van der Waals surface area contributed by atoms with Crippen LogP contribution in [0.3, 0.4) is 0 Å². The average molecular weight is 1180 g/mol. The van der Waals surface area contributed by atoms with Gasteiger partial charge >= 0.3 is 5.97 Å². The van der Waals surface area contributed by atoms with E-state index in [-0.39, 0.29) is 55.6 Å². The first-order valence-electron chi connectivity index (χ1n) is 27.7. The molecule has 2 bridgehead atoms. The predicted molar refractivity (Wildman–Crippen MR) is 291 cm³/mol. The topological polar surface area (TPSA) is 216 Å². The molecule has 5 rings (SSSR count). The number of thiophene rings is 1. The molecular weight excluding hydrogens is 1090 g/mol. The normalized spacial score (nSPS) is 14.9. The molecule has 4 heterocycles. The van der Waals surface area contributed by atoms with E-state index in [0.29, 0.717) is 176 Å². The Morgan fingerprint density at radius 3 is 1.63 bits per heavy atom. The lowest BCUT2D eigenvalue weighted by molar-refractivity contribution is -0.136. The van der Waals surface area contributed by atoms with Crippen LogP contribution in [0.4, 0.5) is 23.2 Å². The molecule has 26 heteroatoms. The number of carbonyl (C=O) groups excluding carboxylic acids is 4. The fraction of sp³-hybridized carbons (Fsp3) is 0.691. The summed E-state index contributed by atoms with van der Waals surface area (Å²) in [6.07, 6.45) is 3.51. The van der Waals surface area contributed by atoms with Crippen LogP contribution < -0.4 is 15.4 Å². The van der Waals surface area contributed by atoms with Gasteiger partial charge in [0.15, 0.2) is 11.6 Å². The van der Waals surface area contributed by atoms with Gasteiger partial charge in [0, 0.05) is 88.3 Å². The van der Waals surface area contributed by atoms with Gasteiger partial charge in [0.25, 0.3) is 0 Å². The largest absolute Gasteiger partial charge is 0.420 e. The molecule has 3 aliphatic heterocycles. The lowest BCUT2D eigenvalue weighted by atomic mass is 9.92. The van der Waals surface area contributed by atoms with Crippen molar-refractivity contribution in [3.05, 3.63) is 50.7 Å². The molecule has 2 aromatic rings. The van der Waals surface area contributed by atoms with Crippen LogP contribution in [0.5, 0.6) is 5.75 Å². The number of nitrogens with one attached hydrogen (secondary N) is 2. The SMILES string of the molecule is CC(C)(C)CC(=O)NCCCN1CCNC2=Nc3cc(CN4CCN(C(=O)CCOCCOCCOCCOCCOCCOCCOCCOCCOCCOCCC(=O)Oc5c(F)c(F)cc(F)c5F)CC4)sc3C=C(C2)C1=O. The van der Waals surface area contributed by atoms with Crippen LogP contribution in [0, 0.1) is 28.7 Å². The zero-order valence-corrected chi connectivity index (χ0v) is 47.9. The lowest BCUT2D eigenvalue weighted by Gasteiger charge is -2.34. The maximum absolute atomic E-state index is 13.7. The van der Waals surface area contributed by atoms with E-state index in [1.807, 2.05) is 36.6 Å². The summed E-state index contributed by atoms with van der Waals surface area (Å²) in [6.45, 7) is 18.8. The van der Waals surface area contributed by atoms with Crippen molar-refractivity contribution < 1.29 is 88.8 Å². The minimum atomic E-state index is -1.80. The van der Waals surface area contributed by atoms with Crippen molar-refractivity contribution >= 4 is 52.6 Å². The molecule has 1 aromatic heterocycles. The number of amidine groups is 1. The quantitative estimate of drug-likeness (QED) is 0.0304. The smallest absolute Gasteiger partial charge is 0.313 e. The van der Waals surface area contributed by atoms with E-state index in [0.717, 1.165) is 40.9 Å². The van der Waals surface area contributed by atoms with Crippen LogP contribution in [-0.4, -0.2) is 229 Å². The first kappa shape index (κ1) is 67.1. The number of nitrogens with zero attached hydrogens (tertiary/aromatic N) is 4. The molecule has 3 amide bonds. The first-order chi connectivity index (χ1) is 39.2. The van der Waals surface area contributed by atoms with Gasteiger partial charge in [0.05, 0.1) is 156 Å². The van der Waals surface area contributed by atoms with Crippen LogP contribution in [0.2, 0.25) is 0 Å². The molecule has 0 saturated carbocycles. The highest BCUT2D eigenvalue weighted by molar-refractivity contribution is 7.13. The van der Waals surface area contributed by atoms with E-state index in [1.54, 1.807) is 11.3 Å². The summed E-state index contributed by atoms with van der Waals surface area (Å²) >= 11 is 1.66. The third kappa shape index (κ3) is 27.0. The number of rotatable bonds is 41. The van der Waals surface area contributed by atoms with E-state index >= 15 is 0 Å². The second-order valence-electron chi connectivity index (χ2n) is 20.1. The van der Waals surface area contributed by atoms with E-state index in [2.05, 4.69) is 26.3 Å². The number of hydrogen-bond donors (Lipinski definition) is 2. The third-order valence-corrected chi connectivity index (χ3v) is 13.3. The van der Waals surface area contributed by atoms with Crippen molar-refractivity contribution in [1.29, 1.82) is 0 Å². The van der Waals surface area contributed by atoms with Crippen molar-refractivity contribution in [1.82, 2.24) is 25.3 Å². The number of amides is 3. The summed E-state index contributed by atoms with van der Waals surface area (Å²) in [5.41, 5.74) is 1.52. The Kier molecular flexibility index (Phi) is 31.6. The second-order valence-corrected chi connectivity index (χ2v) is 21.2. The molecule has 2 fully saturated rings. The standard InChI is InChI=1S/C55H82F4N6O15S/c1-55(2,3)39-48(66)61-7-4-9-65-10-8-60-47-36-41(54(65)69)35-46-45(62-47)37-42(81-46)40-63-11-13-64(14-12-63)49(67)5-15-70-17-19-72-21-23-74-25-27-76-29-31-78-33-34-79-32-30-77-28-26-75-24-22-73-20-18-71-16-6-50(68)80-53-51(58)43(56)38-44(57)52(53)59/h35,37-38H,4-34,36,39-40H2,1-3H3,(H,60,62)(H,61,66). The van der Waals surface area contributed by atoms with E-state index in [4.69, 9.17) is 52.4 Å². The molecular formula is C55H82F4N6O15S. The highest BCUT2D eigenvalue weighted by Crippen LogP contribution is 2.36. The molecule has 0 unspecified atom stereocenters. The fourth-order valence-corrected chi connectivity index (χ4v) is 9.27. The monoisotopic (exact) mass is 1170 g/mol. The number of aliphatic imine (C=N–C) groups is 1. The molecule has 21 nitrogen and oxygen atoms in total. The summed E-state index contributed by atoms with van der Waals surface area (Å²) < 4.78 is 113. The summed E-state index contributed by atoms with van der Waals surface area (Å²) in [4.78, 5) is 63.8. The number of carbonyl (C=O) groups is 4. The molecule has 0 aliphatic carbocycles. The van der Waals surface area contributed by atoms with Crippen LogP contribution in [0.1, 0.15) is 62.6 Å². The van der Waals surface area contributed by atoms with Crippen molar-refractivity contribution in [3.8, 4) is 5.75 Å². The lowest BCUT2D eigenvalue weighted by Crippen LogP contribution is -2.48. The molecule has 0 atom stereocenters. The van der Waals surface area contributed by atoms with Gasteiger partial charge in [-0.15, -0.1) is 11.3 Å². The van der Waals surface area contributed by atoms with Crippen molar-refractivity contribution in [2.45, 2.75) is 59.4 Å². The minimum absolute atomic E-state index is 0.0161. The highest BCUT2D eigenvalue weighted by Gasteiger charge is 2.28. The van der Waals surface area contributed by atoms with E-state index < -0.39 is 41.4 Å². The van der Waals surface area contributed by atoms with Gasteiger partial charge in [-0.2, -0.15) is 8.78 Å². The molecule has 2 saturated heterocycles. The van der Waals surface area contributed by atoms with Gasteiger partial charge in [-0.3, -0.25) is 24.1 Å². The summed E-state index contributed by atoms with van der Waals surface area (Å²) in [5.74, 6) is -8.59. The highest BCUT2D eigenvalue weighted by atomic mass is 32.1. The Bertz CT molecular complexity index is 2260. The van der Waals surface area contributed by atoms with Crippen molar-refractivity contribution in [3.63, 3.8) is 0 Å². The zero-order valence-electron chi connectivity index (χ0n) is 47.1. The van der Waals surface area contributed by atoms with Gasteiger partial charge in [-0.1, -0.05) is 20.8 Å². The van der Waals surface area contributed by atoms with Crippen LogP contribution in [0.25, 0.3) is 6.08 Å². The summed E-state index contributed by atoms with van der Waals surface area (Å²) in [7, 11) is 0. The molecule has 456 valence electrons. The van der Waals surface area contributed by atoms with Gasteiger partial charge in [-0.05, 0) is 24.0 Å². The Morgan fingerprint density at radius 2 is 1.14 bits per heavy atom. The fourth-order valence-electron chi connectivity index (χ4n) is 8.16. The number of piperazine rings is 1. The second kappa shape index (κ2) is 38.2. The number of hydrogen-bond acceptors (Lipinski definition) is 19. The third-order valence-electron chi connectivity index (χ3n) is 12.3. The number of ether oxygens (including phenoxy) is 11. The van der Waals surface area contributed by atoms with Gasteiger partial charge in [0.2, 0.25) is 35.1 Å². The summed E-state index contributed by atoms with van der Waals surface area (Å²) in [6, 6.07) is 2.13. The van der Waals surface area contributed by atoms with E-state index in [9.17, 15) is 36.7 Å². The number of esters is 1. The maximum Gasteiger partial charge on any atom is 0.313 e. The first-order valence-corrected chi connectivity index (χ1v) is 28.5. The average Bonchev–Trinajstić information content (AvgIpc) is 3.80. The predicted octanol–water partition coefficient (Wildman–Crippen LogP) is 4.69. The molecule has 3 aliphatic rings. The minimum Gasteiger partial charge on any atom is -0.420 e. The van der Waals surface area contributed by atoms with Crippen LogP contribution >= 0.6 is 11.3 Å². The van der Waals surface area contributed by atoms with Gasteiger partial charge in [-0.25, -0.2) is 13.8 Å². The van der Waals surface area contributed by atoms with Crippen LogP contribution in [-0.2, 0) is 73.1 Å². The Balaban J connectivity index is 0.739. The van der Waals surface area contributed by atoms with Gasteiger partial charge in [0.1, 0.15) is 5.84 Å². The molecule has 1 aromatic carbocycles. The zero-order chi connectivity index (χ0) is 58.1. The molecule has 0 spiro atoms. The molecule has 2 N–H and O–H groups in total. The molecule has 0 radical (unpaired) electrons. The van der Waals surface area contributed by atoms with E-state index in [1.165, 1.54) is 0 Å². The number of halogens is 4. The number of benzene rings is 1. The summed E-state index contributed by atoms with van der Waals surface area (Å²) in [5, 5.41) is 6.43. The number of fused-ring (bicyclic) bond motifs is 3. The maximum atomic E-state index is 13.7. The molecule has 81 heavy (non-hydrogen) atoms. The Labute approximate surface area is 476 Å². The van der Waals surface area contributed by atoms with Crippen LogP contribution in [0.15, 0.2) is 22.7 Å². The van der Waals surface area contributed by atoms with Crippen molar-refractivity contribution in [2.75, 3.05) is 184 Å². The Morgan fingerprint density at radius 1 is 0.654 bits per heavy atom. The van der Waals surface area contributed by atoms with Crippen molar-refractivity contribution in [2.24, 2.45) is 10.4 Å². The van der Waals surface area contributed by atoms with Gasteiger partial charge < -0.3 is 72.5 Å².